The summed E-state index contributed by atoms with van der Waals surface area (Å²) in [5.41, 5.74) is 1.09. The maximum atomic E-state index is 12.3. The molecule has 1 aliphatic heterocycles. The lowest BCUT2D eigenvalue weighted by atomic mass is 10.0. The van der Waals surface area contributed by atoms with E-state index < -0.39 is 0 Å². The maximum absolute atomic E-state index is 12.3. The first-order valence-corrected chi connectivity index (χ1v) is 8.68. The molecule has 6 heteroatoms. The molecule has 0 radical (unpaired) electrons. The Hall–Kier alpha value is -2.37. The van der Waals surface area contributed by atoms with Gasteiger partial charge in [-0.2, -0.15) is 0 Å². The quantitative estimate of drug-likeness (QED) is 0.534. The van der Waals surface area contributed by atoms with E-state index in [9.17, 15) is 14.4 Å². The minimum Gasteiger partial charge on any atom is -0.482 e. The summed E-state index contributed by atoms with van der Waals surface area (Å²) in [6.45, 7) is 6.83. The van der Waals surface area contributed by atoms with Crippen LogP contribution in [0.5, 0.6) is 5.75 Å². The predicted molar refractivity (Wildman–Crippen MR) is 93.9 cm³/mol. The second kappa shape index (κ2) is 8.65. The lowest BCUT2D eigenvalue weighted by molar-refractivity contribution is -0.143. The molecule has 25 heavy (non-hydrogen) atoms. The van der Waals surface area contributed by atoms with Gasteiger partial charge in [-0.1, -0.05) is 13.8 Å². The van der Waals surface area contributed by atoms with Crippen LogP contribution >= 0.6 is 0 Å². The first kappa shape index (κ1) is 19.0. The molecule has 1 aliphatic rings. The van der Waals surface area contributed by atoms with Crippen LogP contribution in [-0.4, -0.2) is 37.4 Å². The van der Waals surface area contributed by atoms with E-state index in [-0.39, 0.29) is 37.1 Å². The fraction of sp³-hybridized carbons (Fsp3) is 0.526. The van der Waals surface area contributed by atoms with Crippen molar-refractivity contribution in [2.45, 2.75) is 40.0 Å². The number of ether oxygens (including phenoxy) is 2. The van der Waals surface area contributed by atoms with E-state index in [1.807, 2.05) is 0 Å². The summed E-state index contributed by atoms with van der Waals surface area (Å²) < 4.78 is 10.3. The second-order valence-electron chi connectivity index (χ2n) is 6.43. The number of Topliss-reactive ketones (excluding diaryl/α,β-unsaturated/α-hetero) is 1. The van der Waals surface area contributed by atoms with Gasteiger partial charge in [-0.3, -0.25) is 14.4 Å². The Kier molecular flexibility index (Phi) is 6.56. The van der Waals surface area contributed by atoms with Crippen molar-refractivity contribution in [1.29, 1.82) is 0 Å². The molecule has 0 unspecified atom stereocenters. The first-order chi connectivity index (χ1) is 11.9. The highest BCUT2D eigenvalue weighted by molar-refractivity contribution is 6.02. The van der Waals surface area contributed by atoms with Gasteiger partial charge in [0, 0.05) is 18.5 Å². The van der Waals surface area contributed by atoms with Crippen molar-refractivity contribution in [3.8, 4) is 5.75 Å². The van der Waals surface area contributed by atoms with Gasteiger partial charge in [0.15, 0.2) is 12.4 Å². The first-order valence-electron chi connectivity index (χ1n) is 8.68. The average molecular weight is 347 g/mol. The van der Waals surface area contributed by atoms with Gasteiger partial charge in [0.25, 0.3) is 5.91 Å². The van der Waals surface area contributed by atoms with Crippen LogP contribution in [0.25, 0.3) is 0 Å². The fourth-order valence-electron chi connectivity index (χ4n) is 2.60. The van der Waals surface area contributed by atoms with Gasteiger partial charge in [-0.25, -0.2) is 0 Å². The monoisotopic (exact) mass is 347 g/mol. The Morgan fingerprint density at radius 1 is 1.28 bits per heavy atom. The maximum Gasteiger partial charge on any atom is 0.306 e. The van der Waals surface area contributed by atoms with Crippen molar-refractivity contribution in [3.05, 3.63) is 23.8 Å². The van der Waals surface area contributed by atoms with E-state index in [0.717, 1.165) is 6.42 Å². The van der Waals surface area contributed by atoms with Crippen molar-refractivity contribution >= 4 is 23.3 Å². The largest absolute Gasteiger partial charge is 0.482 e. The van der Waals surface area contributed by atoms with E-state index >= 15 is 0 Å². The predicted octanol–water partition coefficient (Wildman–Crippen LogP) is 2.98. The molecule has 0 saturated heterocycles. The topological polar surface area (TPSA) is 72.9 Å². The minimum absolute atomic E-state index is 0.0151. The van der Waals surface area contributed by atoms with Crippen LogP contribution in [0.1, 0.15) is 50.4 Å². The van der Waals surface area contributed by atoms with Crippen LogP contribution in [0.4, 0.5) is 5.69 Å². The SMILES string of the molecule is CCOC(=O)CCC(=O)c1ccc2c(c1)N(CCC(C)C)C(=O)CO2. The number of fused-ring (bicyclic) bond motifs is 1. The molecule has 2 rings (SSSR count). The number of hydrogen-bond donors (Lipinski definition) is 0. The zero-order valence-corrected chi connectivity index (χ0v) is 15.0. The summed E-state index contributed by atoms with van der Waals surface area (Å²) in [6, 6.07) is 5.06. The van der Waals surface area contributed by atoms with E-state index in [4.69, 9.17) is 9.47 Å². The van der Waals surface area contributed by atoms with Crippen molar-refractivity contribution in [2.75, 3.05) is 24.7 Å². The van der Waals surface area contributed by atoms with Crippen LogP contribution in [0.15, 0.2) is 18.2 Å². The minimum atomic E-state index is -0.383. The molecule has 6 nitrogen and oxygen atoms in total. The van der Waals surface area contributed by atoms with Crippen LogP contribution in [0.2, 0.25) is 0 Å². The molecule has 0 saturated carbocycles. The second-order valence-corrected chi connectivity index (χ2v) is 6.43. The number of carbonyl (C=O) groups excluding carboxylic acids is 3. The lowest BCUT2D eigenvalue weighted by Gasteiger charge is -2.30. The summed E-state index contributed by atoms with van der Waals surface area (Å²) >= 11 is 0. The van der Waals surface area contributed by atoms with Gasteiger partial charge in [0.1, 0.15) is 5.75 Å². The van der Waals surface area contributed by atoms with Crippen molar-refractivity contribution in [3.63, 3.8) is 0 Å². The lowest BCUT2D eigenvalue weighted by Crippen LogP contribution is -2.39. The molecular weight excluding hydrogens is 322 g/mol. The van der Waals surface area contributed by atoms with Gasteiger partial charge in [-0.15, -0.1) is 0 Å². The fourth-order valence-corrected chi connectivity index (χ4v) is 2.60. The number of carbonyl (C=O) groups is 3. The molecule has 0 bridgehead atoms. The van der Waals surface area contributed by atoms with E-state index in [0.29, 0.717) is 36.1 Å². The molecule has 0 spiro atoms. The zero-order chi connectivity index (χ0) is 18.4. The number of amides is 1. The van der Waals surface area contributed by atoms with Gasteiger partial charge in [0.2, 0.25) is 0 Å². The number of rotatable bonds is 8. The molecule has 1 heterocycles. The van der Waals surface area contributed by atoms with E-state index in [2.05, 4.69) is 13.8 Å². The number of anilines is 1. The third-order valence-corrected chi connectivity index (χ3v) is 4.02. The zero-order valence-electron chi connectivity index (χ0n) is 15.0. The molecule has 136 valence electrons. The smallest absolute Gasteiger partial charge is 0.306 e. The number of hydrogen-bond acceptors (Lipinski definition) is 5. The molecule has 1 amide bonds. The number of nitrogens with zero attached hydrogens (tertiary/aromatic N) is 1. The Morgan fingerprint density at radius 2 is 2.04 bits per heavy atom. The van der Waals surface area contributed by atoms with Crippen LogP contribution in [0, 0.1) is 5.92 Å². The Morgan fingerprint density at radius 3 is 2.72 bits per heavy atom. The van der Waals surface area contributed by atoms with E-state index in [1.54, 1.807) is 30.0 Å². The van der Waals surface area contributed by atoms with Crippen LogP contribution in [-0.2, 0) is 14.3 Å². The summed E-state index contributed by atoms with van der Waals surface area (Å²) in [4.78, 5) is 37.6. The summed E-state index contributed by atoms with van der Waals surface area (Å²) in [7, 11) is 0. The number of ketones is 1. The number of esters is 1. The molecule has 1 aromatic carbocycles. The highest BCUT2D eigenvalue weighted by atomic mass is 16.5. The van der Waals surface area contributed by atoms with Gasteiger partial charge >= 0.3 is 5.97 Å². The molecule has 0 aliphatic carbocycles. The standard InChI is InChI=1S/C19H25NO5/c1-4-24-19(23)8-6-16(21)14-5-7-17-15(11-14)20(10-9-13(2)3)18(22)12-25-17/h5,7,11,13H,4,6,8-10,12H2,1-3H3. The van der Waals surface area contributed by atoms with Crippen molar-refractivity contribution in [1.82, 2.24) is 0 Å². The van der Waals surface area contributed by atoms with Crippen molar-refractivity contribution in [2.24, 2.45) is 5.92 Å². The van der Waals surface area contributed by atoms with Gasteiger partial charge < -0.3 is 14.4 Å². The summed E-state index contributed by atoms with van der Waals surface area (Å²) in [5.74, 6) is 0.423. The van der Waals surface area contributed by atoms with Crippen molar-refractivity contribution < 1.29 is 23.9 Å². The molecule has 0 N–H and O–H groups in total. The van der Waals surface area contributed by atoms with Gasteiger partial charge in [0.05, 0.1) is 18.7 Å². The molecule has 0 fully saturated rings. The Bertz CT molecular complexity index is 653. The third kappa shape index (κ3) is 5.05. The normalized spacial score (nSPS) is 13.4. The summed E-state index contributed by atoms with van der Waals surface area (Å²) in [5, 5.41) is 0. The number of benzene rings is 1. The highest BCUT2D eigenvalue weighted by Gasteiger charge is 2.26. The molecule has 0 aromatic heterocycles. The van der Waals surface area contributed by atoms with E-state index in [1.165, 1.54) is 0 Å². The van der Waals surface area contributed by atoms with Crippen LogP contribution < -0.4 is 9.64 Å². The Labute approximate surface area is 148 Å². The third-order valence-electron chi connectivity index (χ3n) is 4.02. The molecular formula is C19H25NO5. The van der Waals surface area contributed by atoms with Gasteiger partial charge in [-0.05, 0) is 37.5 Å². The summed E-state index contributed by atoms with van der Waals surface area (Å²) in [6.07, 6.45) is 1.00. The Balaban J connectivity index is 2.14. The van der Waals surface area contributed by atoms with Crippen LogP contribution in [0.3, 0.4) is 0 Å². The molecule has 0 atom stereocenters. The average Bonchev–Trinajstić information content (AvgIpc) is 2.58. The highest BCUT2D eigenvalue weighted by Crippen LogP contribution is 2.33. The molecule has 1 aromatic rings.